The van der Waals surface area contributed by atoms with E-state index in [1.165, 1.54) is 6.92 Å². The summed E-state index contributed by atoms with van der Waals surface area (Å²) in [7, 11) is 0. The first kappa shape index (κ1) is 36.2. The van der Waals surface area contributed by atoms with Crippen molar-refractivity contribution in [3.8, 4) is 5.75 Å². The first-order valence-corrected chi connectivity index (χ1v) is 13.7. The molecule has 0 saturated heterocycles. The van der Waals surface area contributed by atoms with E-state index in [0.29, 0.717) is 36.3 Å². The summed E-state index contributed by atoms with van der Waals surface area (Å²) in [5.41, 5.74) is 0.823. The molecule has 0 spiro atoms. The topological polar surface area (TPSA) is 61.8 Å². The predicted molar refractivity (Wildman–Crippen MR) is 152 cm³/mol. The lowest BCUT2D eigenvalue weighted by Crippen LogP contribution is -2.09. The van der Waals surface area contributed by atoms with Gasteiger partial charge in [0.15, 0.2) is 0 Å². The highest BCUT2D eigenvalue weighted by Crippen LogP contribution is 2.30. The van der Waals surface area contributed by atoms with Crippen LogP contribution in [-0.4, -0.2) is 30.5 Å². The number of ether oxygens (including phenoxy) is 3. The molecule has 36 heavy (non-hydrogen) atoms. The van der Waals surface area contributed by atoms with E-state index in [-0.39, 0.29) is 23.9 Å². The number of carbonyl (C=O) groups is 2. The van der Waals surface area contributed by atoms with Crippen LogP contribution in [0.4, 0.5) is 0 Å². The highest BCUT2D eigenvalue weighted by molar-refractivity contribution is 6.30. The molecular weight excluding hydrogens is 499 g/mol. The maximum atomic E-state index is 10.9. The molecule has 5 nitrogen and oxygen atoms in total. The SMILES string of the molecule is C=CCOC(=O)CCC/C=C\C.CC.CC.CC(=O)OCc1cc(Cl)cc(OCC2CCC(Cl)C2)c1. The van der Waals surface area contributed by atoms with Gasteiger partial charge in [-0.2, -0.15) is 0 Å². The van der Waals surface area contributed by atoms with Crippen LogP contribution in [0.5, 0.6) is 5.75 Å². The summed E-state index contributed by atoms with van der Waals surface area (Å²) in [4.78, 5) is 21.7. The van der Waals surface area contributed by atoms with E-state index in [1.807, 2.05) is 52.8 Å². The Labute approximate surface area is 229 Å². The number of halogens is 2. The van der Waals surface area contributed by atoms with Crippen molar-refractivity contribution in [1.82, 2.24) is 0 Å². The molecule has 0 aliphatic heterocycles. The summed E-state index contributed by atoms with van der Waals surface area (Å²) in [5.74, 6) is 0.761. The fourth-order valence-electron chi connectivity index (χ4n) is 3.11. The van der Waals surface area contributed by atoms with Crippen LogP contribution in [-0.2, 0) is 25.7 Å². The number of hydrogen-bond donors (Lipinski definition) is 0. The van der Waals surface area contributed by atoms with Gasteiger partial charge in [-0.1, -0.05) is 64.1 Å². The molecule has 1 fully saturated rings. The molecule has 1 aliphatic carbocycles. The third-order valence-electron chi connectivity index (χ3n) is 4.69. The zero-order valence-electron chi connectivity index (χ0n) is 23.0. The van der Waals surface area contributed by atoms with Gasteiger partial charge >= 0.3 is 11.9 Å². The van der Waals surface area contributed by atoms with Crippen LogP contribution in [0.1, 0.15) is 85.6 Å². The highest BCUT2D eigenvalue weighted by atomic mass is 35.5. The summed E-state index contributed by atoms with van der Waals surface area (Å²) in [6.07, 6.45) is 11.1. The number of benzene rings is 1. The Bertz CT molecular complexity index is 749. The molecular formula is C29H46Cl2O5. The van der Waals surface area contributed by atoms with E-state index in [2.05, 4.69) is 6.58 Å². The van der Waals surface area contributed by atoms with Crippen molar-refractivity contribution in [3.63, 3.8) is 0 Å². The lowest BCUT2D eigenvalue weighted by Gasteiger charge is -2.13. The van der Waals surface area contributed by atoms with Crippen molar-refractivity contribution in [2.75, 3.05) is 13.2 Å². The van der Waals surface area contributed by atoms with Gasteiger partial charge in [-0.3, -0.25) is 9.59 Å². The quantitative estimate of drug-likeness (QED) is 0.120. The molecule has 1 aromatic carbocycles. The molecule has 206 valence electrons. The van der Waals surface area contributed by atoms with E-state index in [9.17, 15) is 9.59 Å². The zero-order valence-corrected chi connectivity index (χ0v) is 24.5. The van der Waals surface area contributed by atoms with Crippen molar-refractivity contribution in [3.05, 3.63) is 53.6 Å². The Morgan fingerprint density at radius 1 is 1.11 bits per heavy atom. The summed E-state index contributed by atoms with van der Waals surface area (Å²) >= 11 is 12.1. The Balaban J connectivity index is 0. The van der Waals surface area contributed by atoms with Gasteiger partial charge in [0, 0.05) is 23.7 Å². The van der Waals surface area contributed by atoms with Crippen molar-refractivity contribution >= 4 is 35.1 Å². The molecule has 2 rings (SSSR count). The van der Waals surface area contributed by atoms with Gasteiger partial charge < -0.3 is 14.2 Å². The van der Waals surface area contributed by atoms with Crippen LogP contribution in [0, 0.1) is 5.92 Å². The molecule has 1 saturated carbocycles. The Hall–Kier alpha value is -1.98. The minimum absolute atomic E-state index is 0.139. The molecule has 0 radical (unpaired) electrons. The minimum Gasteiger partial charge on any atom is -0.493 e. The van der Waals surface area contributed by atoms with Crippen LogP contribution in [0.3, 0.4) is 0 Å². The maximum Gasteiger partial charge on any atom is 0.306 e. The largest absolute Gasteiger partial charge is 0.493 e. The first-order valence-electron chi connectivity index (χ1n) is 12.9. The van der Waals surface area contributed by atoms with Gasteiger partial charge in [0.25, 0.3) is 0 Å². The summed E-state index contributed by atoms with van der Waals surface area (Å²) < 4.78 is 15.5. The number of alkyl halides is 1. The average molecular weight is 546 g/mol. The van der Waals surface area contributed by atoms with Crippen molar-refractivity contribution in [1.29, 1.82) is 0 Å². The van der Waals surface area contributed by atoms with E-state index < -0.39 is 0 Å². The number of allylic oxidation sites excluding steroid dienone is 2. The molecule has 0 amide bonds. The molecule has 1 aliphatic rings. The second-order valence-electron chi connectivity index (χ2n) is 7.60. The predicted octanol–water partition coefficient (Wildman–Crippen LogP) is 8.70. The maximum absolute atomic E-state index is 10.9. The molecule has 2 unspecified atom stereocenters. The van der Waals surface area contributed by atoms with Gasteiger partial charge in [-0.15, -0.1) is 11.6 Å². The van der Waals surface area contributed by atoms with Crippen molar-refractivity contribution < 1.29 is 23.8 Å². The van der Waals surface area contributed by atoms with Crippen molar-refractivity contribution in [2.24, 2.45) is 5.92 Å². The number of rotatable bonds is 11. The van der Waals surface area contributed by atoms with Crippen molar-refractivity contribution in [2.45, 2.75) is 92.1 Å². The molecule has 2 atom stereocenters. The lowest BCUT2D eigenvalue weighted by molar-refractivity contribution is -0.143. The molecule has 0 heterocycles. The van der Waals surface area contributed by atoms with Crippen LogP contribution < -0.4 is 4.74 Å². The summed E-state index contributed by atoms with van der Waals surface area (Å²) in [5, 5.41) is 0.855. The van der Waals surface area contributed by atoms with Gasteiger partial charge in [0.1, 0.15) is 19.0 Å². The minimum atomic E-state index is -0.313. The Kier molecular flexibility index (Phi) is 24.8. The van der Waals surface area contributed by atoms with Crippen LogP contribution >= 0.6 is 23.2 Å². The fraction of sp³-hybridized carbons (Fsp3) is 0.586. The molecule has 0 N–H and O–H groups in total. The Morgan fingerprint density at radius 2 is 1.81 bits per heavy atom. The van der Waals surface area contributed by atoms with E-state index in [0.717, 1.165) is 37.7 Å². The monoisotopic (exact) mass is 544 g/mol. The molecule has 0 aromatic heterocycles. The molecule has 0 bridgehead atoms. The van der Waals surface area contributed by atoms with Gasteiger partial charge in [0.2, 0.25) is 0 Å². The standard InChI is InChI=1S/C15H18Cl2O3.C10H16O2.2C2H6/c1-10(18)19-9-12-5-14(17)7-15(6-12)20-8-11-2-3-13(16)4-11;1-3-5-6-7-8-10(11)12-9-4-2;2*1-2/h5-7,11,13H,2-4,8-9H2,1H3;3-5H,2,6-9H2,1H3;2*1-2H3/b;5-3-;;. The smallest absolute Gasteiger partial charge is 0.306 e. The third-order valence-corrected chi connectivity index (χ3v) is 5.30. The van der Waals surface area contributed by atoms with E-state index >= 15 is 0 Å². The van der Waals surface area contributed by atoms with Gasteiger partial charge in [0.05, 0.1) is 6.61 Å². The third kappa shape index (κ3) is 20.2. The zero-order chi connectivity index (χ0) is 27.8. The first-order chi connectivity index (χ1) is 17.3. The normalized spacial score (nSPS) is 15.8. The molecule has 7 heteroatoms. The highest BCUT2D eigenvalue weighted by Gasteiger charge is 2.23. The second kappa shape index (κ2) is 24.7. The number of esters is 2. The summed E-state index contributed by atoms with van der Waals surface area (Å²) in [6.45, 7) is 16.0. The summed E-state index contributed by atoms with van der Waals surface area (Å²) in [6, 6.07) is 5.38. The lowest BCUT2D eigenvalue weighted by atomic mass is 10.1. The van der Waals surface area contributed by atoms with Crippen LogP contribution in [0.25, 0.3) is 0 Å². The van der Waals surface area contributed by atoms with Crippen LogP contribution in [0.15, 0.2) is 43.0 Å². The number of hydrogen-bond acceptors (Lipinski definition) is 5. The van der Waals surface area contributed by atoms with E-state index in [4.69, 9.17) is 37.4 Å². The second-order valence-corrected chi connectivity index (χ2v) is 8.65. The van der Waals surface area contributed by atoms with Gasteiger partial charge in [-0.25, -0.2) is 0 Å². The number of unbranched alkanes of at least 4 members (excludes halogenated alkanes) is 1. The van der Waals surface area contributed by atoms with E-state index in [1.54, 1.807) is 18.2 Å². The average Bonchev–Trinajstić information content (AvgIpc) is 3.30. The molecule has 1 aromatic rings. The Morgan fingerprint density at radius 3 is 2.36 bits per heavy atom. The number of carbonyl (C=O) groups excluding carboxylic acids is 2. The fourth-order valence-corrected chi connectivity index (χ4v) is 3.73. The van der Waals surface area contributed by atoms with Crippen LogP contribution in [0.2, 0.25) is 5.02 Å². The van der Waals surface area contributed by atoms with Gasteiger partial charge in [-0.05, 0) is 68.7 Å².